The number of hydrogen-bond acceptors (Lipinski definition) is 4. The van der Waals surface area contributed by atoms with E-state index in [1.165, 1.54) is 0 Å². The molecule has 0 saturated heterocycles. The van der Waals surface area contributed by atoms with Gasteiger partial charge in [0.1, 0.15) is 12.4 Å². The molecule has 0 aliphatic rings. The number of carbonyl (C=O) groups is 1. The second kappa shape index (κ2) is 9.37. The Morgan fingerprint density at radius 3 is 2.50 bits per heavy atom. The summed E-state index contributed by atoms with van der Waals surface area (Å²) >= 11 is 11.8. The monoisotopic (exact) mass is 368 g/mol. The molecule has 0 radical (unpaired) electrons. The van der Waals surface area contributed by atoms with Crippen molar-refractivity contribution in [3.05, 3.63) is 52.5 Å². The summed E-state index contributed by atoms with van der Waals surface area (Å²) in [6.45, 7) is 1.04. The van der Waals surface area contributed by atoms with Gasteiger partial charge in [-0.15, -0.1) is 0 Å². The van der Waals surface area contributed by atoms with Crippen LogP contribution in [0.4, 0.5) is 11.4 Å². The molecule has 0 heterocycles. The van der Waals surface area contributed by atoms with Crippen LogP contribution in [-0.4, -0.2) is 32.8 Å². The quantitative estimate of drug-likeness (QED) is 0.689. The molecule has 128 valence electrons. The number of anilines is 2. The van der Waals surface area contributed by atoms with Crippen molar-refractivity contribution in [1.29, 1.82) is 0 Å². The average molecular weight is 369 g/mol. The Kier molecular flexibility index (Phi) is 7.18. The van der Waals surface area contributed by atoms with Crippen molar-refractivity contribution in [2.45, 2.75) is 0 Å². The fourth-order valence-electron chi connectivity index (χ4n) is 1.95. The molecule has 0 aromatic heterocycles. The molecule has 0 spiro atoms. The average Bonchev–Trinajstić information content (AvgIpc) is 2.53. The number of nitrogens with one attached hydrogen (secondary N) is 2. The second-order valence-electron chi connectivity index (χ2n) is 4.93. The van der Waals surface area contributed by atoms with Gasteiger partial charge in [0.15, 0.2) is 0 Å². The molecule has 0 saturated carbocycles. The molecule has 2 N–H and O–H groups in total. The van der Waals surface area contributed by atoms with Crippen molar-refractivity contribution in [3.8, 4) is 5.75 Å². The molecule has 0 unspecified atom stereocenters. The molecule has 24 heavy (non-hydrogen) atoms. The van der Waals surface area contributed by atoms with Gasteiger partial charge < -0.3 is 20.1 Å². The summed E-state index contributed by atoms with van der Waals surface area (Å²) in [5.74, 6) is 0.472. The van der Waals surface area contributed by atoms with Gasteiger partial charge in [-0.25, -0.2) is 0 Å². The number of halogens is 2. The van der Waals surface area contributed by atoms with Gasteiger partial charge in [-0.3, -0.25) is 4.79 Å². The highest BCUT2D eigenvalue weighted by Crippen LogP contribution is 2.22. The molecule has 7 heteroatoms. The zero-order valence-corrected chi connectivity index (χ0v) is 14.7. The smallest absolute Gasteiger partial charge is 0.243 e. The van der Waals surface area contributed by atoms with Crippen LogP contribution >= 0.6 is 23.2 Å². The SMILES string of the molecule is COCCOc1cccc(NC(=O)CNc2cc(Cl)cc(Cl)c2)c1. The highest BCUT2D eigenvalue weighted by molar-refractivity contribution is 6.35. The minimum Gasteiger partial charge on any atom is -0.491 e. The van der Waals surface area contributed by atoms with Gasteiger partial charge in [0.25, 0.3) is 0 Å². The topological polar surface area (TPSA) is 59.6 Å². The first-order valence-corrected chi connectivity index (χ1v) is 8.04. The van der Waals surface area contributed by atoms with Crippen molar-refractivity contribution >= 4 is 40.5 Å². The Balaban J connectivity index is 1.86. The van der Waals surface area contributed by atoms with E-state index in [1.807, 2.05) is 12.1 Å². The molecule has 2 rings (SSSR count). The Bertz CT molecular complexity index is 675. The largest absolute Gasteiger partial charge is 0.491 e. The van der Waals surface area contributed by atoms with Crippen LogP contribution in [0, 0.1) is 0 Å². The summed E-state index contributed by atoms with van der Waals surface area (Å²) < 4.78 is 10.4. The Labute approximate surface area is 150 Å². The minimum absolute atomic E-state index is 0.0887. The van der Waals surface area contributed by atoms with Crippen LogP contribution in [0.5, 0.6) is 5.75 Å². The third-order valence-corrected chi connectivity index (χ3v) is 3.43. The van der Waals surface area contributed by atoms with Crippen LogP contribution in [0.15, 0.2) is 42.5 Å². The van der Waals surface area contributed by atoms with Crippen LogP contribution in [-0.2, 0) is 9.53 Å². The molecule has 0 aliphatic carbocycles. The number of carbonyl (C=O) groups excluding carboxylic acids is 1. The van der Waals surface area contributed by atoms with Crippen molar-refractivity contribution in [3.63, 3.8) is 0 Å². The summed E-state index contributed by atoms with van der Waals surface area (Å²) in [6, 6.07) is 12.2. The fraction of sp³-hybridized carbons (Fsp3) is 0.235. The van der Waals surface area contributed by atoms with E-state index in [-0.39, 0.29) is 12.5 Å². The van der Waals surface area contributed by atoms with Gasteiger partial charge in [0.05, 0.1) is 13.2 Å². The molecular weight excluding hydrogens is 351 g/mol. The molecule has 0 fully saturated rings. The molecule has 2 aromatic carbocycles. The van der Waals surface area contributed by atoms with Gasteiger partial charge in [0.2, 0.25) is 5.91 Å². The zero-order valence-electron chi connectivity index (χ0n) is 13.1. The van der Waals surface area contributed by atoms with Crippen LogP contribution in [0.2, 0.25) is 10.0 Å². The molecular formula is C17H18Cl2N2O3. The Morgan fingerprint density at radius 2 is 1.79 bits per heavy atom. The Morgan fingerprint density at radius 1 is 1.04 bits per heavy atom. The lowest BCUT2D eigenvalue weighted by Crippen LogP contribution is -2.21. The third-order valence-electron chi connectivity index (χ3n) is 2.99. The van der Waals surface area contributed by atoms with Gasteiger partial charge in [-0.2, -0.15) is 0 Å². The predicted octanol–water partition coefficient (Wildman–Crippen LogP) is 4.07. The first-order valence-electron chi connectivity index (χ1n) is 7.28. The summed E-state index contributed by atoms with van der Waals surface area (Å²) in [5, 5.41) is 6.78. The number of benzene rings is 2. The molecule has 5 nitrogen and oxygen atoms in total. The Hall–Kier alpha value is -1.95. The van der Waals surface area contributed by atoms with Crippen molar-refractivity contribution in [2.75, 3.05) is 37.5 Å². The van der Waals surface area contributed by atoms with E-state index in [2.05, 4.69) is 10.6 Å². The number of rotatable bonds is 8. The first-order chi connectivity index (χ1) is 11.6. The maximum atomic E-state index is 12.0. The van der Waals surface area contributed by atoms with E-state index in [0.717, 1.165) is 0 Å². The zero-order chi connectivity index (χ0) is 17.4. The van der Waals surface area contributed by atoms with Crippen molar-refractivity contribution < 1.29 is 14.3 Å². The molecule has 0 atom stereocenters. The standard InChI is InChI=1S/C17H18Cl2N2O3/c1-23-5-6-24-16-4-2-3-14(10-16)21-17(22)11-20-15-8-12(18)7-13(19)9-15/h2-4,7-10,20H,5-6,11H2,1H3,(H,21,22). The van der Waals surface area contributed by atoms with Gasteiger partial charge in [-0.05, 0) is 30.3 Å². The number of ether oxygens (including phenoxy) is 2. The van der Waals surface area contributed by atoms with E-state index in [4.69, 9.17) is 32.7 Å². The van der Waals surface area contributed by atoms with E-state index in [9.17, 15) is 4.79 Å². The minimum atomic E-state index is -0.194. The van der Waals surface area contributed by atoms with Gasteiger partial charge >= 0.3 is 0 Å². The van der Waals surface area contributed by atoms with Crippen LogP contribution in [0.1, 0.15) is 0 Å². The lowest BCUT2D eigenvalue weighted by Gasteiger charge is -2.10. The number of amides is 1. The van der Waals surface area contributed by atoms with E-state index in [0.29, 0.717) is 40.4 Å². The lowest BCUT2D eigenvalue weighted by molar-refractivity contribution is -0.114. The molecule has 0 aliphatic heterocycles. The predicted molar refractivity (Wildman–Crippen MR) is 97.4 cm³/mol. The summed E-state index contributed by atoms with van der Waals surface area (Å²) in [6.07, 6.45) is 0. The lowest BCUT2D eigenvalue weighted by atomic mass is 10.3. The highest BCUT2D eigenvalue weighted by atomic mass is 35.5. The van der Waals surface area contributed by atoms with E-state index in [1.54, 1.807) is 37.4 Å². The van der Waals surface area contributed by atoms with Crippen molar-refractivity contribution in [1.82, 2.24) is 0 Å². The fourth-order valence-corrected chi connectivity index (χ4v) is 2.48. The van der Waals surface area contributed by atoms with Crippen LogP contribution in [0.25, 0.3) is 0 Å². The summed E-state index contributed by atoms with van der Waals surface area (Å²) in [7, 11) is 1.61. The maximum absolute atomic E-state index is 12.0. The van der Waals surface area contributed by atoms with Crippen LogP contribution < -0.4 is 15.4 Å². The second-order valence-corrected chi connectivity index (χ2v) is 5.80. The van der Waals surface area contributed by atoms with Crippen LogP contribution in [0.3, 0.4) is 0 Å². The maximum Gasteiger partial charge on any atom is 0.243 e. The first kappa shape index (κ1) is 18.4. The van der Waals surface area contributed by atoms with Gasteiger partial charge in [-0.1, -0.05) is 29.3 Å². The molecule has 2 aromatic rings. The van der Waals surface area contributed by atoms with Crippen molar-refractivity contribution in [2.24, 2.45) is 0 Å². The van der Waals surface area contributed by atoms with E-state index < -0.39 is 0 Å². The highest BCUT2D eigenvalue weighted by Gasteiger charge is 2.05. The summed E-state index contributed by atoms with van der Waals surface area (Å²) in [5.41, 5.74) is 1.33. The molecule has 1 amide bonds. The number of methoxy groups -OCH3 is 1. The number of hydrogen-bond donors (Lipinski definition) is 2. The summed E-state index contributed by atoms with van der Waals surface area (Å²) in [4.78, 5) is 12.0. The molecule has 0 bridgehead atoms. The normalized spacial score (nSPS) is 10.3. The van der Waals surface area contributed by atoms with E-state index >= 15 is 0 Å². The third kappa shape index (κ3) is 6.28. The van der Waals surface area contributed by atoms with Gasteiger partial charge in [0, 0.05) is 34.6 Å².